The number of hydrogen-bond acceptors (Lipinski definition) is 4. The molecule has 2 aromatic rings. The lowest BCUT2D eigenvalue weighted by Crippen LogP contribution is -2.26. The third kappa shape index (κ3) is 5.92. The van der Waals surface area contributed by atoms with Gasteiger partial charge in [-0.3, -0.25) is 4.90 Å². The van der Waals surface area contributed by atoms with Gasteiger partial charge in [-0.2, -0.15) is 0 Å². The van der Waals surface area contributed by atoms with Gasteiger partial charge < -0.3 is 14.4 Å². The van der Waals surface area contributed by atoms with E-state index in [1.54, 1.807) is 26.2 Å². The molecule has 0 bridgehead atoms. The van der Waals surface area contributed by atoms with E-state index >= 15 is 0 Å². The summed E-state index contributed by atoms with van der Waals surface area (Å²) in [6, 6.07) is 10.9. The molecule has 7 heteroatoms. The maximum atomic E-state index is 13.3. The molecule has 0 spiro atoms. The van der Waals surface area contributed by atoms with Gasteiger partial charge in [0.25, 0.3) is 0 Å². The molecule has 1 amide bonds. The van der Waals surface area contributed by atoms with Crippen LogP contribution in [0.25, 0.3) is 0 Å². The first-order valence-electron chi connectivity index (χ1n) is 9.09. The summed E-state index contributed by atoms with van der Waals surface area (Å²) >= 11 is 0. The normalized spacial score (nSPS) is 12.0. The van der Waals surface area contributed by atoms with E-state index in [4.69, 9.17) is 9.47 Å². The second-order valence-corrected chi connectivity index (χ2v) is 6.63. The summed E-state index contributed by atoms with van der Waals surface area (Å²) in [5.74, 6) is -1.06. The molecule has 0 aliphatic rings. The van der Waals surface area contributed by atoms with Gasteiger partial charge >= 0.3 is 6.09 Å². The Balaban J connectivity index is 2.02. The van der Waals surface area contributed by atoms with Crippen molar-refractivity contribution in [1.29, 1.82) is 0 Å². The molecular formula is C21H26F2N2O3. The molecule has 1 atom stereocenters. The van der Waals surface area contributed by atoms with E-state index in [-0.39, 0.29) is 6.04 Å². The fourth-order valence-corrected chi connectivity index (χ4v) is 2.67. The minimum absolute atomic E-state index is 0.0638. The summed E-state index contributed by atoms with van der Waals surface area (Å²) in [6.07, 6.45) is 0.218. The lowest BCUT2D eigenvalue weighted by molar-refractivity contribution is 0.172. The highest BCUT2D eigenvalue weighted by Crippen LogP contribution is 2.26. The molecule has 2 rings (SSSR count). The molecule has 0 saturated carbocycles. The van der Waals surface area contributed by atoms with E-state index in [1.165, 1.54) is 11.0 Å². The van der Waals surface area contributed by atoms with Crippen LogP contribution in [0.5, 0.6) is 11.5 Å². The van der Waals surface area contributed by atoms with Crippen LogP contribution in [-0.2, 0) is 0 Å². The Morgan fingerprint density at radius 3 is 2.21 bits per heavy atom. The van der Waals surface area contributed by atoms with Crippen molar-refractivity contribution in [2.75, 3.05) is 34.3 Å². The van der Waals surface area contributed by atoms with Crippen LogP contribution in [0.3, 0.4) is 0 Å². The van der Waals surface area contributed by atoms with E-state index < -0.39 is 17.7 Å². The topological polar surface area (TPSA) is 42.0 Å². The number of carbonyl (C=O) groups is 1. The highest BCUT2D eigenvalue weighted by atomic mass is 19.2. The fourth-order valence-electron chi connectivity index (χ4n) is 2.67. The van der Waals surface area contributed by atoms with Crippen molar-refractivity contribution in [3.63, 3.8) is 0 Å². The Hall–Kier alpha value is -2.67. The minimum atomic E-state index is -0.928. The number of nitrogens with zero attached hydrogens (tertiary/aromatic N) is 2. The quantitative estimate of drug-likeness (QED) is 0.664. The van der Waals surface area contributed by atoms with Crippen molar-refractivity contribution < 1.29 is 23.0 Å². The summed E-state index contributed by atoms with van der Waals surface area (Å²) in [5, 5.41) is 0. The monoisotopic (exact) mass is 392 g/mol. The largest absolute Gasteiger partial charge is 0.493 e. The average Bonchev–Trinajstić information content (AvgIpc) is 2.68. The summed E-state index contributed by atoms with van der Waals surface area (Å²) < 4.78 is 37.1. The molecule has 0 aromatic heterocycles. The SMILES string of the molecule is CCN(C)C(CCOc1ccc(F)c(F)c1)c1ccc(OC(=O)N(C)C)cc1. The smallest absolute Gasteiger partial charge is 0.414 e. The third-order valence-electron chi connectivity index (χ3n) is 4.42. The summed E-state index contributed by atoms with van der Waals surface area (Å²) in [4.78, 5) is 15.2. The zero-order valence-corrected chi connectivity index (χ0v) is 16.6. The first kappa shape index (κ1) is 21.6. The van der Waals surface area contributed by atoms with Crippen molar-refractivity contribution in [1.82, 2.24) is 9.80 Å². The van der Waals surface area contributed by atoms with E-state index in [9.17, 15) is 13.6 Å². The Kier molecular flexibility index (Phi) is 7.75. The molecule has 0 radical (unpaired) electrons. The molecule has 0 heterocycles. The van der Waals surface area contributed by atoms with Crippen LogP contribution < -0.4 is 9.47 Å². The number of halogens is 2. The van der Waals surface area contributed by atoms with E-state index in [0.29, 0.717) is 24.5 Å². The number of ether oxygens (including phenoxy) is 2. The Morgan fingerprint density at radius 2 is 1.64 bits per heavy atom. The van der Waals surface area contributed by atoms with E-state index in [2.05, 4.69) is 11.8 Å². The molecular weight excluding hydrogens is 366 g/mol. The minimum Gasteiger partial charge on any atom is -0.493 e. The summed E-state index contributed by atoms with van der Waals surface area (Å²) in [6.45, 7) is 3.22. The van der Waals surface area contributed by atoms with Crippen molar-refractivity contribution in [3.05, 3.63) is 59.7 Å². The van der Waals surface area contributed by atoms with Crippen molar-refractivity contribution >= 4 is 6.09 Å². The van der Waals surface area contributed by atoms with Crippen LogP contribution in [0.2, 0.25) is 0 Å². The van der Waals surface area contributed by atoms with E-state index in [0.717, 1.165) is 24.2 Å². The second kappa shape index (κ2) is 10.0. The first-order chi connectivity index (χ1) is 13.3. The summed E-state index contributed by atoms with van der Waals surface area (Å²) in [7, 11) is 5.24. The van der Waals surface area contributed by atoms with E-state index in [1.807, 2.05) is 19.2 Å². The zero-order chi connectivity index (χ0) is 20.7. The lowest BCUT2D eigenvalue weighted by Gasteiger charge is -2.27. The molecule has 28 heavy (non-hydrogen) atoms. The number of rotatable bonds is 8. The maximum absolute atomic E-state index is 13.3. The van der Waals surface area contributed by atoms with Gasteiger partial charge in [-0.25, -0.2) is 13.6 Å². The summed E-state index contributed by atoms with van der Waals surface area (Å²) in [5.41, 5.74) is 1.04. The highest BCUT2D eigenvalue weighted by Gasteiger charge is 2.17. The standard InChI is InChI=1S/C21H26F2N2O3/c1-5-25(4)20(12-13-27-17-10-11-18(22)19(23)14-17)15-6-8-16(9-7-15)28-21(26)24(2)3/h6-11,14,20H,5,12-13H2,1-4H3. The zero-order valence-electron chi connectivity index (χ0n) is 16.6. The predicted octanol–water partition coefficient (Wildman–Crippen LogP) is 4.49. The van der Waals surface area contributed by atoms with Gasteiger partial charge in [-0.15, -0.1) is 0 Å². The molecule has 1 unspecified atom stereocenters. The van der Waals surface area contributed by atoms with Gasteiger partial charge in [0.15, 0.2) is 11.6 Å². The number of amides is 1. The van der Waals surface area contributed by atoms with Crippen LogP contribution in [-0.4, -0.2) is 50.2 Å². The van der Waals surface area contributed by atoms with Gasteiger partial charge in [-0.05, 0) is 43.4 Å². The molecule has 5 nitrogen and oxygen atoms in total. The molecule has 152 valence electrons. The molecule has 0 fully saturated rings. The Morgan fingerprint density at radius 1 is 1.00 bits per heavy atom. The predicted molar refractivity (Wildman–Crippen MR) is 104 cm³/mol. The van der Waals surface area contributed by atoms with Crippen LogP contribution in [0.15, 0.2) is 42.5 Å². The van der Waals surface area contributed by atoms with Crippen LogP contribution in [0.1, 0.15) is 24.9 Å². The van der Waals surface area contributed by atoms with Crippen molar-refractivity contribution in [3.8, 4) is 11.5 Å². The Labute approximate surface area is 164 Å². The van der Waals surface area contributed by atoms with Crippen LogP contribution in [0.4, 0.5) is 13.6 Å². The molecule has 0 saturated heterocycles. The van der Waals surface area contributed by atoms with Gasteiger partial charge in [0, 0.05) is 32.6 Å². The van der Waals surface area contributed by atoms with Gasteiger partial charge in [0.05, 0.1) is 6.61 Å². The highest BCUT2D eigenvalue weighted by molar-refractivity contribution is 5.69. The average molecular weight is 392 g/mol. The second-order valence-electron chi connectivity index (χ2n) is 6.63. The number of carbonyl (C=O) groups excluding carboxylic acids is 1. The fraction of sp³-hybridized carbons (Fsp3) is 0.381. The maximum Gasteiger partial charge on any atom is 0.414 e. The lowest BCUT2D eigenvalue weighted by atomic mass is 10.0. The van der Waals surface area contributed by atoms with Crippen molar-refractivity contribution in [2.45, 2.75) is 19.4 Å². The Bertz CT molecular complexity index is 782. The van der Waals surface area contributed by atoms with Crippen molar-refractivity contribution in [2.24, 2.45) is 0 Å². The van der Waals surface area contributed by atoms with Gasteiger partial charge in [0.1, 0.15) is 11.5 Å². The molecule has 2 aromatic carbocycles. The molecule has 0 aliphatic carbocycles. The van der Waals surface area contributed by atoms with Gasteiger partial charge in [-0.1, -0.05) is 19.1 Å². The molecule has 0 N–H and O–H groups in total. The van der Waals surface area contributed by atoms with Crippen LogP contribution in [0, 0.1) is 11.6 Å². The molecule has 0 aliphatic heterocycles. The van der Waals surface area contributed by atoms with Gasteiger partial charge in [0.2, 0.25) is 0 Å². The third-order valence-corrected chi connectivity index (χ3v) is 4.42. The first-order valence-corrected chi connectivity index (χ1v) is 9.09. The number of hydrogen-bond donors (Lipinski definition) is 0. The number of benzene rings is 2. The van der Waals surface area contributed by atoms with Crippen LogP contribution >= 0.6 is 0 Å².